The van der Waals surface area contributed by atoms with Gasteiger partial charge in [0.15, 0.2) is 5.70 Å². The summed E-state index contributed by atoms with van der Waals surface area (Å²) in [5.41, 5.74) is 5.10. The first kappa shape index (κ1) is 13.9. The van der Waals surface area contributed by atoms with Crippen molar-refractivity contribution in [1.82, 2.24) is 5.32 Å². The number of nitrogens with one attached hydrogen (secondary N) is 2. The minimum Gasteiger partial charge on any atom is -0.497 e. The summed E-state index contributed by atoms with van der Waals surface area (Å²) in [4.78, 5) is 11.6. The van der Waals surface area contributed by atoms with Crippen molar-refractivity contribution in [2.75, 3.05) is 12.4 Å². The minimum absolute atomic E-state index is 0.298. The number of urea groups is 1. The molecule has 1 rings (SSSR count). The summed E-state index contributed by atoms with van der Waals surface area (Å²) in [5, 5.41) is 21.9. The summed E-state index contributed by atoms with van der Waals surface area (Å²) in [6.07, 6.45) is 0. The molecule has 0 bridgehead atoms. The third-order valence-corrected chi connectivity index (χ3v) is 2.09. The summed E-state index contributed by atoms with van der Waals surface area (Å²) in [6.45, 7) is 0. The molecule has 7 heteroatoms. The van der Waals surface area contributed by atoms with Crippen LogP contribution in [0.1, 0.15) is 0 Å². The molecule has 0 saturated carbocycles. The normalized spacial score (nSPS) is 10.5. The number of ether oxygens (including phenoxy) is 1. The maximum absolute atomic E-state index is 11.6. The Hall–Kier alpha value is -3.19. The molecule has 0 atom stereocenters. The molecule has 0 spiro atoms. The molecule has 19 heavy (non-hydrogen) atoms. The number of hydrogen-bond donors (Lipinski definition) is 3. The number of anilines is 1. The molecule has 96 valence electrons. The topological polar surface area (TPSA) is 124 Å². The first-order valence-electron chi connectivity index (χ1n) is 5.12. The average Bonchev–Trinajstić information content (AvgIpc) is 2.44. The van der Waals surface area contributed by atoms with Gasteiger partial charge in [0.1, 0.15) is 23.6 Å². The molecule has 0 aliphatic carbocycles. The van der Waals surface area contributed by atoms with Crippen LogP contribution in [-0.2, 0) is 0 Å². The molecule has 7 nitrogen and oxygen atoms in total. The predicted molar refractivity (Wildman–Crippen MR) is 67.6 cm³/mol. The van der Waals surface area contributed by atoms with Gasteiger partial charge in [-0.15, -0.1) is 0 Å². The highest BCUT2D eigenvalue weighted by Crippen LogP contribution is 2.14. The zero-order valence-electron chi connectivity index (χ0n) is 10.1. The first-order valence-corrected chi connectivity index (χ1v) is 5.12. The quantitative estimate of drug-likeness (QED) is 0.697. The Morgan fingerprint density at radius 3 is 2.37 bits per heavy atom. The van der Waals surface area contributed by atoms with Crippen LogP contribution in [0.4, 0.5) is 10.5 Å². The number of benzene rings is 1. The third-order valence-electron chi connectivity index (χ3n) is 2.09. The highest BCUT2D eigenvalue weighted by Gasteiger charge is 2.08. The number of carbonyl (C=O) groups excluding carboxylic acids is 1. The van der Waals surface area contributed by atoms with Crippen molar-refractivity contribution in [2.45, 2.75) is 0 Å². The number of hydrogen-bond acceptors (Lipinski definition) is 5. The van der Waals surface area contributed by atoms with E-state index in [9.17, 15) is 4.79 Å². The van der Waals surface area contributed by atoms with Gasteiger partial charge in [-0.3, -0.25) is 5.32 Å². The highest BCUT2D eigenvalue weighted by molar-refractivity contribution is 5.91. The van der Waals surface area contributed by atoms with E-state index in [4.69, 9.17) is 21.0 Å². The monoisotopic (exact) mass is 257 g/mol. The maximum atomic E-state index is 11.6. The van der Waals surface area contributed by atoms with Crippen LogP contribution in [0, 0.1) is 22.7 Å². The second-order valence-electron chi connectivity index (χ2n) is 3.32. The van der Waals surface area contributed by atoms with Gasteiger partial charge in [-0.2, -0.15) is 10.5 Å². The Balaban J connectivity index is 2.71. The summed E-state index contributed by atoms with van der Waals surface area (Å²) in [7, 11) is 1.53. The molecular weight excluding hydrogens is 246 g/mol. The number of amides is 2. The number of allylic oxidation sites excluding steroid dienone is 2. The Kier molecular flexibility index (Phi) is 4.76. The molecule has 0 saturated heterocycles. The second kappa shape index (κ2) is 6.52. The number of methoxy groups -OCH3 is 1. The molecule has 0 radical (unpaired) electrons. The Bertz CT molecular complexity index is 578. The smallest absolute Gasteiger partial charge is 0.324 e. The predicted octanol–water partition coefficient (Wildman–Crippen LogP) is 1.03. The van der Waals surface area contributed by atoms with Crippen molar-refractivity contribution < 1.29 is 9.53 Å². The largest absolute Gasteiger partial charge is 0.497 e. The fourth-order valence-electron chi connectivity index (χ4n) is 1.16. The number of carbonyl (C=O) groups is 1. The van der Waals surface area contributed by atoms with Gasteiger partial charge < -0.3 is 15.8 Å². The minimum atomic E-state index is -0.667. The lowest BCUT2D eigenvalue weighted by molar-refractivity contribution is 0.254. The van der Waals surface area contributed by atoms with Gasteiger partial charge in [0, 0.05) is 5.69 Å². The van der Waals surface area contributed by atoms with Crippen molar-refractivity contribution >= 4 is 11.7 Å². The van der Waals surface area contributed by atoms with E-state index in [1.54, 1.807) is 36.4 Å². The fraction of sp³-hybridized carbons (Fsp3) is 0.0833. The van der Waals surface area contributed by atoms with Gasteiger partial charge in [-0.05, 0) is 24.3 Å². The van der Waals surface area contributed by atoms with E-state index in [0.29, 0.717) is 11.4 Å². The molecule has 0 fully saturated rings. The number of rotatable bonds is 3. The number of nitriles is 2. The van der Waals surface area contributed by atoms with E-state index in [1.165, 1.54) is 7.11 Å². The van der Waals surface area contributed by atoms with E-state index in [2.05, 4.69) is 10.6 Å². The van der Waals surface area contributed by atoms with Crippen molar-refractivity contribution in [1.29, 1.82) is 10.5 Å². The SMILES string of the molecule is COc1ccc(NC(=O)N/C(C#N)=C(\N)C#N)cc1. The van der Waals surface area contributed by atoms with Gasteiger partial charge in [0.05, 0.1) is 7.11 Å². The highest BCUT2D eigenvalue weighted by atomic mass is 16.5. The zero-order valence-corrected chi connectivity index (χ0v) is 10.1. The van der Waals surface area contributed by atoms with Gasteiger partial charge in [0.2, 0.25) is 0 Å². The molecule has 4 N–H and O–H groups in total. The van der Waals surface area contributed by atoms with Crippen LogP contribution in [-0.4, -0.2) is 13.1 Å². The lowest BCUT2D eigenvalue weighted by Crippen LogP contribution is -2.29. The first-order chi connectivity index (χ1) is 9.10. The van der Waals surface area contributed by atoms with Crippen LogP contribution in [0.15, 0.2) is 35.7 Å². The van der Waals surface area contributed by atoms with Gasteiger partial charge in [-0.1, -0.05) is 0 Å². The summed E-state index contributed by atoms with van der Waals surface area (Å²) < 4.78 is 4.97. The van der Waals surface area contributed by atoms with Crippen LogP contribution >= 0.6 is 0 Å². The van der Waals surface area contributed by atoms with Crippen molar-refractivity contribution in [3.8, 4) is 17.9 Å². The molecule has 0 unspecified atom stereocenters. The molecule has 0 heterocycles. The van der Waals surface area contributed by atoms with Crippen LogP contribution in [0.25, 0.3) is 0 Å². The summed E-state index contributed by atoms with van der Waals surface area (Å²) in [6, 6.07) is 9.12. The van der Waals surface area contributed by atoms with Crippen LogP contribution in [0.3, 0.4) is 0 Å². The van der Waals surface area contributed by atoms with Crippen LogP contribution < -0.4 is 21.1 Å². The number of nitrogens with two attached hydrogens (primary N) is 1. The molecular formula is C12H11N5O2. The Labute approximate surface area is 109 Å². The van der Waals surface area contributed by atoms with Crippen molar-refractivity contribution in [2.24, 2.45) is 5.73 Å². The van der Waals surface area contributed by atoms with Gasteiger partial charge in [0.25, 0.3) is 0 Å². The molecule has 2 amide bonds. The van der Waals surface area contributed by atoms with E-state index in [1.807, 2.05) is 0 Å². The Morgan fingerprint density at radius 1 is 1.26 bits per heavy atom. The van der Waals surface area contributed by atoms with Crippen LogP contribution in [0.5, 0.6) is 5.75 Å². The molecule has 0 aliphatic heterocycles. The Morgan fingerprint density at radius 2 is 1.89 bits per heavy atom. The summed E-state index contributed by atoms with van der Waals surface area (Å²) in [5.74, 6) is 0.650. The van der Waals surface area contributed by atoms with Crippen molar-refractivity contribution in [3.63, 3.8) is 0 Å². The van der Waals surface area contributed by atoms with E-state index < -0.39 is 6.03 Å². The van der Waals surface area contributed by atoms with Gasteiger partial charge >= 0.3 is 6.03 Å². The molecule has 1 aromatic carbocycles. The lowest BCUT2D eigenvalue weighted by atomic mass is 10.3. The molecule has 0 aromatic heterocycles. The van der Waals surface area contributed by atoms with Crippen molar-refractivity contribution in [3.05, 3.63) is 35.7 Å². The second-order valence-corrected chi connectivity index (χ2v) is 3.32. The molecule has 1 aromatic rings. The van der Waals surface area contributed by atoms with Gasteiger partial charge in [-0.25, -0.2) is 4.79 Å². The summed E-state index contributed by atoms with van der Waals surface area (Å²) >= 11 is 0. The molecule has 0 aliphatic rings. The zero-order chi connectivity index (χ0) is 14.3. The van der Waals surface area contributed by atoms with E-state index in [0.717, 1.165) is 0 Å². The standard InChI is InChI=1S/C12H11N5O2/c1-19-9-4-2-8(3-5-9)16-12(18)17-11(7-14)10(15)6-13/h2-5H,15H2,1H3,(H2,16,17,18)/b11-10-. The van der Waals surface area contributed by atoms with E-state index >= 15 is 0 Å². The third kappa shape index (κ3) is 3.95. The van der Waals surface area contributed by atoms with E-state index in [-0.39, 0.29) is 11.4 Å². The fourth-order valence-corrected chi connectivity index (χ4v) is 1.16. The maximum Gasteiger partial charge on any atom is 0.324 e. The lowest BCUT2D eigenvalue weighted by Gasteiger charge is -2.07. The van der Waals surface area contributed by atoms with Crippen LogP contribution in [0.2, 0.25) is 0 Å². The average molecular weight is 257 g/mol. The number of nitrogens with zero attached hydrogens (tertiary/aromatic N) is 2.